The molecule has 0 radical (unpaired) electrons. The summed E-state index contributed by atoms with van der Waals surface area (Å²) in [5, 5.41) is 2.68. The Bertz CT molecular complexity index is 664. The zero-order valence-electron chi connectivity index (χ0n) is 14.4. The van der Waals surface area contributed by atoms with Crippen molar-refractivity contribution < 1.29 is 17.9 Å². The van der Waals surface area contributed by atoms with Crippen molar-refractivity contribution in [1.29, 1.82) is 0 Å². The molecule has 0 bridgehead atoms. The Labute approximate surface area is 149 Å². The fourth-order valence-electron chi connectivity index (χ4n) is 3.45. The number of carbonyl (C=O) groups excluding carboxylic acids is 1. The van der Waals surface area contributed by atoms with Crippen LogP contribution < -0.4 is 5.32 Å². The lowest BCUT2D eigenvalue weighted by atomic mass is 10.1. The average Bonchev–Trinajstić information content (AvgIpc) is 2.63. The molecular weight excluding hydrogens is 340 g/mol. The van der Waals surface area contributed by atoms with E-state index >= 15 is 0 Å². The van der Waals surface area contributed by atoms with E-state index in [-0.39, 0.29) is 23.1 Å². The van der Waals surface area contributed by atoms with E-state index in [0.29, 0.717) is 39.1 Å². The molecule has 2 saturated heterocycles. The summed E-state index contributed by atoms with van der Waals surface area (Å²) in [5.41, 5.74) is 0.821. The van der Waals surface area contributed by atoms with E-state index in [1.54, 1.807) is 4.90 Å². The number of carbonyl (C=O) groups is 1. The minimum atomic E-state index is -3.19. The summed E-state index contributed by atoms with van der Waals surface area (Å²) in [5.74, 6) is 0.0762. The molecule has 2 aliphatic rings. The van der Waals surface area contributed by atoms with Crippen LogP contribution in [0.15, 0.2) is 30.3 Å². The maximum absolute atomic E-state index is 12.6. The van der Waals surface area contributed by atoms with Crippen molar-refractivity contribution >= 4 is 15.9 Å². The number of likely N-dealkylation sites (tertiary alicyclic amines) is 1. The monoisotopic (exact) mass is 366 g/mol. The molecule has 2 heterocycles. The zero-order valence-corrected chi connectivity index (χ0v) is 15.2. The first-order chi connectivity index (χ1) is 12.0. The summed E-state index contributed by atoms with van der Waals surface area (Å²) in [6, 6.07) is 9.36. The zero-order chi connectivity index (χ0) is 17.7. The van der Waals surface area contributed by atoms with Gasteiger partial charge in [-0.1, -0.05) is 30.3 Å². The lowest BCUT2D eigenvalue weighted by Crippen LogP contribution is -2.50. The SMILES string of the molecule is O=C(NC1CCOCC1)N1CCC(S(=O)(=O)Cc2ccccc2)CC1. The molecule has 1 N–H and O–H groups in total. The predicted octanol–water partition coefficient (Wildman–Crippen LogP) is 1.95. The number of benzene rings is 1. The number of piperidine rings is 1. The Balaban J connectivity index is 1.49. The van der Waals surface area contributed by atoms with Crippen LogP contribution in [-0.4, -0.2) is 56.9 Å². The molecule has 0 aromatic heterocycles. The van der Waals surface area contributed by atoms with Crippen LogP contribution in [0.4, 0.5) is 4.79 Å². The van der Waals surface area contributed by atoms with E-state index in [0.717, 1.165) is 18.4 Å². The maximum Gasteiger partial charge on any atom is 0.317 e. The van der Waals surface area contributed by atoms with E-state index < -0.39 is 9.84 Å². The van der Waals surface area contributed by atoms with Crippen molar-refractivity contribution in [1.82, 2.24) is 10.2 Å². The Morgan fingerprint density at radius 1 is 1.08 bits per heavy atom. The molecule has 0 spiro atoms. The van der Waals surface area contributed by atoms with E-state index in [4.69, 9.17) is 4.74 Å². The molecule has 1 aromatic carbocycles. The third-order valence-electron chi connectivity index (χ3n) is 5.00. The van der Waals surface area contributed by atoms with Gasteiger partial charge in [0.15, 0.2) is 9.84 Å². The van der Waals surface area contributed by atoms with Gasteiger partial charge in [0, 0.05) is 32.3 Å². The van der Waals surface area contributed by atoms with Crippen molar-refractivity contribution in [3.8, 4) is 0 Å². The van der Waals surface area contributed by atoms with E-state index in [2.05, 4.69) is 5.32 Å². The number of nitrogens with zero attached hydrogens (tertiary/aromatic N) is 1. The number of hydrogen-bond acceptors (Lipinski definition) is 4. The molecule has 0 saturated carbocycles. The molecule has 1 aromatic rings. The molecule has 6 nitrogen and oxygen atoms in total. The van der Waals surface area contributed by atoms with Gasteiger partial charge in [-0.05, 0) is 31.2 Å². The van der Waals surface area contributed by atoms with Gasteiger partial charge in [0.05, 0.1) is 11.0 Å². The molecular formula is C18H26N2O4S. The summed E-state index contributed by atoms with van der Waals surface area (Å²) in [6.45, 7) is 2.36. The molecule has 138 valence electrons. The van der Waals surface area contributed by atoms with Gasteiger partial charge in [0.2, 0.25) is 0 Å². The highest BCUT2D eigenvalue weighted by Crippen LogP contribution is 2.22. The summed E-state index contributed by atoms with van der Waals surface area (Å²) in [6.07, 6.45) is 2.70. The molecule has 0 aliphatic carbocycles. The summed E-state index contributed by atoms with van der Waals surface area (Å²) in [4.78, 5) is 14.1. The molecule has 0 atom stereocenters. The first-order valence-corrected chi connectivity index (χ1v) is 10.6. The number of rotatable bonds is 4. The van der Waals surface area contributed by atoms with Gasteiger partial charge in [0.25, 0.3) is 0 Å². The normalized spacial score (nSPS) is 20.4. The van der Waals surface area contributed by atoms with Crippen LogP contribution in [0, 0.1) is 0 Å². The van der Waals surface area contributed by atoms with Gasteiger partial charge in [0.1, 0.15) is 0 Å². The van der Waals surface area contributed by atoms with Gasteiger partial charge in [-0.15, -0.1) is 0 Å². The Morgan fingerprint density at radius 3 is 2.36 bits per heavy atom. The molecule has 0 unspecified atom stereocenters. The van der Waals surface area contributed by atoms with Crippen LogP contribution in [0.5, 0.6) is 0 Å². The maximum atomic E-state index is 12.6. The minimum absolute atomic E-state index is 0.0762. The predicted molar refractivity (Wildman–Crippen MR) is 96.0 cm³/mol. The number of ether oxygens (including phenoxy) is 1. The molecule has 2 fully saturated rings. The first-order valence-electron chi connectivity index (χ1n) is 8.93. The first kappa shape index (κ1) is 18.2. The van der Waals surface area contributed by atoms with Crippen molar-refractivity contribution in [2.75, 3.05) is 26.3 Å². The molecule has 2 amide bonds. The number of hydrogen-bond donors (Lipinski definition) is 1. The van der Waals surface area contributed by atoms with Crippen LogP contribution in [0.3, 0.4) is 0 Å². The highest BCUT2D eigenvalue weighted by molar-refractivity contribution is 7.91. The quantitative estimate of drug-likeness (QED) is 0.884. The highest BCUT2D eigenvalue weighted by Gasteiger charge is 2.32. The topological polar surface area (TPSA) is 75.7 Å². The van der Waals surface area contributed by atoms with Crippen LogP contribution in [0.1, 0.15) is 31.2 Å². The van der Waals surface area contributed by atoms with Gasteiger partial charge >= 0.3 is 6.03 Å². The smallest absolute Gasteiger partial charge is 0.317 e. The van der Waals surface area contributed by atoms with E-state index in [1.165, 1.54) is 0 Å². The standard InChI is InChI=1S/C18H26N2O4S/c21-18(19-16-8-12-24-13-9-16)20-10-6-17(7-11-20)25(22,23)14-15-4-2-1-3-5-15/h1-5,16-17H,6-14H2,(H,19,21). The van der Waals surface area contributed by atoms with Crippen LogP contribution >= 0.6 is 0 Å². The van der Waals surface area contributed by atoms with Gasteiger partial charge in [-0.25, -0.2) is 13.2 Å². The van der Waals surface area contributed by atoms with Crippen molar-refractivity contribution in [3.05, 3.63) is 35.9 Å². The van der Waals surface area contributed by atoms with Crippen molar-refractivity contribution in [2.45, 2.75) is 42.7 Å². The number of nitrogens with one attached hydrogen (secondary N) is 1. The lowest BCUT2D eigenvalue weighted by molar-refractivity contribution is 0.0776. The lowest BCUT2D eigenvalue weighted by Gasteiger charge is -2.33. The minimum Gasteiger partial charge on any atom is -0.381 e. The second-order valence-electron chi connectivity index (χ2n) is 6.82. The Kier molecular flexibility index (Phi) is 5.96. The van der Waals surface area contributed by atoms with E-state index in [9.17, 15) is 13.2 Å². The Morgan fingerprint density at radius 2 is 1.72 bits per heavy atom. The number of urea groups is 1. The second-order valence-corrected chi connectivity index (χ2v) is 9.10. The van der Waals surface area contributed by atoms with Crippen molar-refractivity contribution in [3.63, 3.8) is 0 Å². The average molecular weight is 366 g/mol. The summed E-state index contributed by atoms with van der Waals surface area (Å²) < 4.78 is 30.5. The van der Waals surface area contributed by atoms with Crippen LogP contribution in [0.25, 0.3) is 0 Å². The van der Waals surface area contributed by atoms with Gasteiger partial charge in [-0.2, -0.15) is 0 Å². The van der Waals surface area contributed by atoms with Crippen LogP contribution in [-0.2, 0) is 20.3 Å². The molecule has 3 rings (SSSR count). The largest absolute Gasteiger partial charge is 0.381 e. The fourth-order valence-corrected chi connectivity index (χ4v) is 5.27. The highest BCUT2D eigenvalue weighted by atomic mass is 32.2. The third kappa shape index (κ3) is 4.95. The Hall–Kier alpha value is -1.60. The second kappa shape index (κ2) is 8.19. The van der Waals surface area contributed by atoms with Gasteiger partial charge < -0.3 is 15.0 Å². The van der Waals surface area contributed by atoms with E-state index in [1.807, 2.05) is 30.3 Å². The van der Waals surface area contributed by atoms with Crippen LogP contribution in [0.2, 0.25) is 0 Å². The molecule has 25 heavy (non-hydrogen) atoms. The van der Waals surface area contributed by atoms with Crippen molar-refractivity contribution in [2.24, 2.45) is 0 Å². The summed E-state index contributed by atoms with van der Waals surface area (Å²) >= 11 is 0. The third-order valence-corrected chi connectivity index (χ3v) is 7.22. The fraction of sp³-hybridized carbons (Fsp3) is 0.611. The number of amides is 2. The summed E-state index contributed by atoms with van der Waals surface area (Å²) in [7, 11) is -3.19. The number of sulfone groups is 1. The van der Waals surface area contributed by atoms with Gasteiger partial charge in [-0.3, -0.25) is 0 Å². The molecule has 7 heteroatoms. The molecule has 2 aliphatic heterocycles.